The van der Waals surface area contributed by atoms with Gasteiger partial charge in [-0.15, -0.1) is 0 Å². The minimum absolute atomic E-state index is 0.152. The summed E-state index contributed by atoms with van der Waals surface area (Å²) in [5.74, 6) is -0.206. The summed E-state index contributed by atoms with van der Waals surface area (Å²) in [5, 5.41) is 4.31. The normalized spacial score (nSPS) is 14.0. The molecule has 0 aliphatic carbocycles. The Balaban J connectivity index is 2.11. The molecule has 20 heavy (non-hydrogen) atoms. The lowest BCUT2D eigenvalue weighted by molar-refractivity contribution is 0.456. The first-order chi connectivity index (χ1) is 9.60. The van der Waals surface area contributed by atoms with E-state index >= 15 is 0 Å². The molecule has 0 bridgehead atoms. The molecular weight excluding hydrogens is 273 g/mol. The number of hydrogen-bond acceptors (Lipinski definition) is 1. The monoisotopic (exact) mass is 291 g/mol. The van der Waals surface area contributed by atoms with Crippen molar-refractivity contribution in [3.8, 4) is 0 Å². The quantitative estimate of drug-likeness (QED) is 0.790. The molecule has 0 aliphatic rings. The van der Waals surface area contributed by atoms with E-state index < -0.39 is 0 Å². The van der Waals surface area contributed by atoms with Crippen molar-refractivity contribution in [3.63, 3.8) is 0 Å². The van der Waals surface area contributed by atoms with Crippen LogP contribution in [0.4, 0.5) is 4.39 Å². The fraction of sp³-hybridized carbons (Fsp3) is 0.294. The highest BCUT2D eigenvalue weighted by Crippen LogP contribution is 2.24. The molecule has 0 heterocycles. The molecule has 1 nitrogen and oxygen atoms in total. The van der Waals surface area contributed by atoms with Crippen molar-refractivity contribution in [2.75, 3.05) is 0 Å². The van der Waals surface area contributed by atoms with Gasteiger partial charge in [0.25, 0.3) is 0 Å². The standard InChI is InChI=1S/C17H19ClFN/c1-3-17(14-5-4-6-15(18)11-14)20-12(2)13-7-9-16(19)10-8-13/h4-12,17,20H,3H2,1-2H3/t12-,17?/m0/s1. The summed E-state index contributed by atoms with van der Waals surface area (Å²) in [4.78, 5) is 0. The Kier molecular flexibility index (Phi) is 5.16. The molecule has 0 amide bonds. The smallest absolute Gasteiger partial charge is 0.123 e. The van der Waals surface area contributed by atoms with Gasteiger partial charge in [-0.25, -0.2) is 4.39 Å². The second-order valence-electron chi connectivity index (χ2n) is 4.96. The van der Waals surface area contributed by atoms with E-state index in [1.807, 2.05) is 30.3 Å². The summed E-state index contributed by atoms with van der Waals surface area (Å²) in [6, 6.07) is 14.9. The van der Waals surface area contributed by atoms with Crippen molar-refractivity contribution in [2.24, 2.45) is 0 Å². The fourth-order valence-electron chi connectivity index (χ4n) is 2.32. The highest BCUT2D eigenvalue weighted by atomic mass is 35.5. The Hall–Kier alpha value is -1.38. The molecule has 0 aromatic heterocycles. The van der Waals surface area contributed by atoms with Crippen LogP contribution >= 0.6 is 11.6 Å². The van der Waals surface area contributed by atoms with Crippen LogP contribution in [-0.2, 0) is 0 Å². The van der Waals surface area contributed by atoms with Gasteiger partial charge < -0.3 is 5.32 Å². The number of nitrogens with one attached hydrogen (secondary N) is 1. The fourth-order valence-corrected chi connectivity index (χ4v) is 2.52. The molecule has 0 fully saturated rings. The van der Waals surface area contributed by atoms with Crippen LogP contribution < -0.4 is 5.32 Å². The first-order valence-electron chi connectivity index (χ1n) is 6.87. The molecule has 106 valence electrons. The molecule has 0 aliphatic heterocycles. The molecule has 3 heteroatoms. The molecule has 2 aromatic rings. The lowest BCUT2D eigenvalue weighted by Gasteiger charge is -2.23. The molecule has 2 aromatic carbocycles. The third-order valence-corrected chi connectivity index (χ3v) is 3.72. The molecular formula is C17H19ClFN. The lowest BCUT2D eigenvalue weighted by Crippen LogP contribution is -2.24. The van der Waals surface area contributed by atoms with Crippen LogP contribution in [0.1, 0.15) is 43.5 Å². The Bertz CT molecular complexity index is 553. The maximum Gasteiger partial charge on any atom is 0.123 e. The Morgan fingerprint density at radius 2 is 1.80 bits per heavy atom. The van der Waals surface area contributed by atoms with Gasteiger partial charge in [0, 0.05) is 17.1 Å². The van der Waals surface area contributed by atoms with Crippen LogP contribution in [0.25, 0.3) is 0 Å². The molecule has 0 saturated heterocycles. The van der Waals surface area contributed by atoms with Crippen molar-refractivity contribution in [1.29, 1.82) is 0 Å². The summed E-state index contributed by atoms with van der Waals surface area (Å²) in [6.07, 6.45) is 0.964. The molecule has 2 rings (SSSR count). The number of hydrogen-bond donors (Lipinski definition) is 1. The van der Waals surface area contributed by atoms with E-state index in [0.29, 0.717) is 0 Å². The molecule has 0 spiro atoms. The van der Waals surface area contributed by atoms with Crippen LogP contribution in [0.3, 0.4) is 0 Å². The first-order valence-corrected chi connectivity index (χ1v) is 7.25. The lowest BCUT2D eigenvalue weighted by atomic mass is 10.0. The van der Waals surface area contributed by atoms with Gasteiger partial charge in [0.1, 0.15) is 5.82 Å². The van der Waals surface area contributed by atoms with Gasteiger partial charge in [0.15, 0.2) is 0 Å². The second kappa shape index (κ2) is 6.87. The van der Waals surface area contributed by atoms with E-state index in [4.69, 9.17) is 11.6 Å². The molecule has 0 radical (unpaired) electrons. The van der Waals surface area contributed by atoms with Gasteiger partial charge in [0.2, 0.25) is 0 Å². The van der Waals surface area contributed by atoms with Crippen molar-refractivity contribution in [2.45, 2.75) is 32.4 Å². The van der Waals surface area contributed by atoms with E-state index in [2.05, 4.69) is 25.2 Å². The highest BCUT2D eigenvalue weighted by Gasteiger charge is 2.14. The SMILES string of the molecule is CCC(N[C@@H](C)c1ccc(F)cc1)c1cccc(Cl)c1. The van der Waals surface area contributed by atoms with E-state index in [0.717, 1.165) is 17.0 Å². The zero-order chi connectivity index (χ0) is 14.5. The summed E-state index contributed by atoms with van der Waals surface area (Å²) >= 11 is 6.05. The largest absolute Gasteiger partial charge is 0.303 e. The van der Waals surface area contributed by atoms with Crippen LogP contribution in [0.15, 0.2) is 48.5 Å². The van der Waals surface area contributed by atoms with Gasteiger partial charge in [-0.2, -0.15) is 0 Å². The average molecular weight is 292 g/mol. The van der Waals surface area contributed by atoms with Crippen molar-refractivity contribution in [3.05, 3.63) is 70.5 Å². The van der Waals surface area contributed by atoms with Gasteiger partial charge in [-0.3, -0.25) is 0 Å². The van der Waals surface area contributed by atoms with E-state index in [1.54, 1.807) is 0 Å². The van der Waals surface area contributed by atoms with Gasteiger partial charge in [-0.1, -0.05) is 42.8 Å². The topological polar surface area (TPSA) is 12.0 Å². The Labute approximate surface area is 124 Å². The summed E-state index contributed by atoms with van der Waals surface area (Å²) in [5.41, 5.74) is 2.25. The summed E-state index contributed by atoms with van der Waals surface area (Å²) in [6.45, 7) is 4.22. The number of benzene rings is 2. The summed E-state index contributed by atoms with van der Waals surface area (Å²) in [7, 11) is 0. The third kappa shape index (κ3) is 3.81. The highest BCUT2D eigenvalue weighted by molar-refractivity contribution is 6.30. The zero-order valence-electron chi connectivity index (χ0n) is 11.7. The second-order valence-corrected chi connectivity index (χ2v) is 5.39. The van der Waals surface area contributed by atoms with Crippen LogP contribution in [0.5, 0.6) is 0 Å². The predicted octanol–water partition coefficient (Wildman–Crippen LogP) is 5.28. The van der Waals surface area contributed by atoms with Crippen LogP contribution in [0.2, 0.25) is 5.02 Å². The Morgan fingerprint density at radius 1 is 1.10 bits per heavy atom. The minimum atomic E-state index is -0.206. The maximum absolute atomic E-state index is 13.0. The predicted molar refractivity (Wildman–Crippen MR) is 82.4 cm³/mol. The summed E-state index contributed by atoms with van der Waals surface area (Å²) < 4.78 is 13.0. The van der Waals surface area contributed by atoms with Gasteiger partial charge in [-0.05, 0) is 48.7 Å². The molecule has 2 atom stereocenters. The van der Waals surface area contributed by atoms with Crippen LogP contribution in [-0.4, -0.2) is 0 Å². The van der Waals surface area contributed by atoms with Crippen molar-refractivity contribution < 1.29 is 4.39 Å². The minimum Gasteiger partial charge on any atom is -0.303 e. The number of rotatable bonds is 5. The van der Waals surface area contributed by atoms with Gasteiger partial charge in [0.05, 0.1) is 0 Å². The molecule has 1 unspecified atom stereocenters. The average Bonchev–Trinajstić information content (AvgIpc) is 2.45. The van der Waals surface area contributed by atoms with E-state index in [-0.39, 0.29) is 17.9 Å². The zero-order valence-corrected chi connectivity index (χ0v) is 12.5. The van der Waals surface area contributed by atoms with Gasteiger partial charge >= 0.3 is 0 Å². The van der Waals surface area contributed by atoms with Crippen LogP contribution in [0, 0.1) is 5.82 Å². The molecule has 0 saturated carbocycles. The molecule has 1 N–H and O–H groups in total. The maximum atomic E-state index is 13.0. The Morgan fingerprint density at radius 3 is 2.40 bits per heavy atom. The van der Waals surface area contributed by atoms with E-state index in [9.17, 15) is 4.39 Å². The van der Waals surface area contributed by atoms with Crippen molar-refractivity contribution >= 4 is 11.6 Å². The first kappa shape index (κ1) is 15.0. The van der Waals surface area contributed by atoms with Crippen molar-refractivity contribution in [1.82, 2.24) is 5.32 Å². The third-order valence-electron chi connectivity index (χ3n) is 3.48. The number of halogens is 2. The van der Waals surface area contributed by atoms with E-state index in [1.165, 1.54) is 17.7 Å².